The van der Waals surface area contributed by atoms with Crippen LogP contribution < -0.4 is 0 Å². The summed E-state index contributed by atoms with van der Waals surface area (Å²) in [7, 11) is 0. The van der Waals surface area contributed by atoms with Gasteiger partial charge in [0.2, 0.25) is 5.17 Å². The normalized spacial score (nSPS) is 16.7. The highest BCUT2D eigenvalue weighted by Gasteiger charge is 2.36. The van der Waals surface area contributed by atoms with Gasteiger partial charge in [-0.15, -0.1) is 0 Å². The topological polar surface area (TPSA) is 73.8 Å². The number of aromatic nitrogens is 1. The molecule has 0 bridgehead atoms. The van der Waals surface area contributed by atoms with Crippen LogP contribution in [-0.2, 0) is 4.79 Å². The molecule has 3 aromatic rings. The average Bonchev–Trinajstić information content (AvgIpc) is 3.34. The van der Waals surface area contributed by atoms with Gasteiger partial charge in [-0.2, -0.15) is 15.1 Å². The number of aryl methyl sites for hydroxylation is 2. The fraction of sp³-hybridized carbons (Fsp3) is 0.120. The summed E-state index contributed by atoms with van der Waals surface area (Å²) in [6.07, 6.45) is 1.68. The number of hydrogen-bond donors (Lipinski definition) is 1. The third-order valence-corrected chi connectivity index (χ3v) is 6.92. The van der Waals surface area contributed by atoms with Crippen molar-refractivity contribution in [1.82, 2.24) is 9.58 Å². The minimum atomic E-state index is -0.497. The summed E-state index contributed by atoms with van der Waals surface area (Å²) in [5.41, 5.74) is 5.56. The molecule has 5 rings (SSSR count). The fourth-order valence-electron chi connectivity index (χ4n) is 3.98. The van der Waals surface area contributed by atoms with Gasteiger partial charge >= 0.3 is 0 Å². The lowest BCUT2D eigenvalue weighted by atomic mass is 10.1. The van der Waals surface area contributed by atoms with Gasteiger partial charge in [0.25, 0.3) is 5.91 Å². The Hall–Kier alpha value is -3.49. The second-order valence-corrected chi connectivity index (χ2v) is 9.42. The van der Waals surface area contributed by atoms with Crippen molar-refractivity contribution in [3.05, 3.63) is 93.0 Å². The first kappa shape index (κ1) is 22.3. The molecule has 0 spiro atoms. The van der Waals surface area contributed by atoms with Crippen molar-refractivity contribution < 1.29 is 9.18 Å². The zero-order valence-electron chi connectivity index (χ0n) is 18.6. The van der Waals surface area contributed by atoms with Crippen molar-refractivity contribution in [1.29, 1.82) is 5.41 Å². The molecule has 0 unspecified atom stereocenters. The van der Waals surface area contributed by atoms with E-state index in [0.29, 0.717) is 20.8 Å². The number of carbonyl (C=O) groups is 1. The molecule has 1 amide bonds. The summed E-state index contributed by atoms with van der Waals surface area (Å²) >= 11 is 7.41. The molecule has 0 fully saturated rings. The Morgan fingerprint density at radius 3 is 2.56 bits per heavy atom. The number of hydrazone groups is 1. The highest BCUT2D eigenvalue weighted by molar-refractivity contribution is 8.27. The van der Waals surface area contributed by atoms with Gasteiger partial charge in [-0.05, 0) is 92.2 Å². The second-order valence-electron chi connectivity index (χ2n) is 8.02. The van der Waals surface area contributed by atoms with Crippen LogP contribution >= 0.6 is 23.4 Å². The highest BCUT2D eigenvalue weighted by Crippen LogP contribution is 2.32. The summed E-state index contributed by atoms with van der Waals surface area (Å²) in [5.74, 6) is -0.896. The Morgan fingerprint density at radius 2 is 1.82 bits per heavy atom. The number of thioether (sulfide) groups is 1. The van der Waals surface area contributed by atoms with E-state index in [1.165, 1.54) is 28.9 Å². The molecule has 1 aromatic heterocycles. The maximum Gasteiger partial charge on any atom is 0.283 e. The van der Waals surface area contributed by atoms with Crippen LogP contribution in [0.15, 0.2) is 64.2 Å². The SMILES string of the molecule is Cc1ccc(Cl)cc1-n1c(C)cc(C=C2C(=N)N3N=C(c4ccc(F)cc4)SC3=NC2=O)c1C. The zero-order chi connectivity index (χ0) is 24.1. The second kappa shape index (κ2) is 8.38. The molecular formula is C25H19ClFN5OS. The molecule has 2 aromatic carbocycles. The van der Waals surface area contributed by atoms with Crippen molar-refractivity contribution in [2.75, 3.05) is 0 Å². The molecule has 170 valence electrons. The molecule has 1 N–H and O–H groups in total. The summed E-state index contributed by atoms with van der Waals surface area (Å²) in [6.45, 7) is 5.96. The van der Waals surface area contributed by atoms with Crippen LogP contribution in [-0.4, -0.2) is 31.5 Å². The van der Waals surface area contributed by atoms with Gasteiger partial charge in [0.1, 0.15) is 10.9 Å². The Morgan fingerprint density at radius 1 is 1.09 bits per heavy atom. The van der Waals surface area contributed by atoms with Gasteiger partial charge in [-0.25, -0.2) is 4.39 Å². The van der Waals surface area contributed by atoms with E-state index >= 15 is 0 Å². The maximum atomic E-state index is 13.3. The molecule has 0 atom stereocenters. The summed E-state index contributed by atoms with van der Waals surface area (Å²) in [6, 6.07) is 13.6. The van der Waals surface area contributed by atoms with E-state index < -0.39 is 5.91 Å². The Labute approximate surface area is 205 Å². The molecule has 2 aliphatic heterocycles. The third-order valence-electron chi connectivity index (χ3n) is 5.73. The molecular weight excluding hydrogens is 473 g/mol. The van der Waals surface area contributed by atoms with Crippen LogP contribution in [0, 0.1) is 32.0 Å². The number of amidine groups is 2. The van der Waals surface area contributed by atoms with Gasteiger partial charge in [0.05, 0.1) is 5.57 Å². The van der Waals surface area contributed by atoms with Crippen LogP contribution in [0.1, 0.15) is 28.1 Å². The summed E-state index contributed by atoms with van der Waals surface area (Å²) in [4.78, 5) is 17.0. The minimum Gasteiger partial charge on any atom is -0.318 e. The fourth-order valence-corrected chi connectivity index (χ4v) is 5.05. The predicted molar refractivity (Wildman–Crippen MR) is 136 cm³/mol. The van der Waals surface area contributed by atoms with E-state index in [4.69, 9.17) is 17.0 Å². The number of nitrogens with one attached hydrogen (secondary N) is 1. The third kappa shape index (κ3) is 3.78. The quantitative estimate of drug-likeness (QED) is 0.466. The van der Waals surface area contributed by atoms with Gasteiger partial charge in [0, 0.05) is 27.7 Å². The molecule has 0 aliphatic carbocycles. The van der Waals surface area contributed by atoms with Crippen molar-refractivity contribution in [2.24, 2.45) is 10.1 Å². The molecule has 0 saturated heterocycles. The number of aliphatic imine (C=N–C) groups is 1. The number of amides is 1. The van der Waals surface area contributed by atoms with Gasteiger partial charge in [0.15, 0.2) is 5.84 Å². The van der Waals surface area contributed by atoms with Gasteiger partial charge < -0.3 is 4.57 Å². The zero-order valence-corrected chi connectivity index (χ0v) is 20.1. The number of fused-ring (bicyclic) bond motifs is 1. The van der Waals surface area contributed by atoms with Crippen LogP contribution in [0.3, 0.4) is 0 Å². The smallest absolute Gasteiger partial charge is 0.283 e. The first-order chi connectivity index (χ1) is 16.2. The van der Waals surface area contributed by atoms with E-state index in [1.54, 1.807) is 18.2 Å². The standard InChI is InChI=1S/C25H19ClFN5OS/c1-13-4-7-18(26)12-21(13)31-14(2)10-17(15(31)3)11-20-22(28)32-25(29-23(20)33)34-24(30-32)16-5-8-19(27)9-6-16/h4-12,28H,1-3H3. The summed E-state index contributed by atoms with van der Waals surface area (Å²) in [5, 5.41) is 15.9. The Balaban J connectivity index is 1.52. The first-order valence-corrected chi connectivity index (χ1v) is 11.6. The van der Waals surface area contributed by atoms with Crippen molar-refractivity contribution >= 4 is 51.4 Å². The molecule has 3 heterocycles. The Kier molecular flexibility index (Phi) is 5.50. The first-order valence-electron chi connectivity index (χ1n) is 10.4. The molecule has 9 heteroatoms. The number of benzene rings is 2. The van der Waals surface area contributed by atoms with Crippen molar-refractivity contribution in [2.45, 2.75) is 20.8 Å². The predicted octanol–water partition coefficient (Wildman–Crippen LogP) is 5.86. The monoisotopic (exact) mass is 491 g/mol. The van der Waals surface area contributed by atoms with E-state index in [9.17, 15) is 9.18 Å². The van der Waals surface area contributed by atoms with Crippen LogP contribution in [0.4, 0.5) is 4.39 Å². The number of nitrogens with zero attached hydrogens (tertiary/aromatic N) is 4. The van der Waals surface area contributed by atoms with Gasteiger partial charge in [-0.3, -0.25) is 10.2 Å². The average molecular weight is 492 g/mol. The van der Waals surface area contributed by atoms with E-state index in [0.717, 1.165) is 28.2 Å². The van der Waals surface area contributed by atoms with Gasteiger partial charge in [-0.1, -0.05) is 17.7 Å². The molecule has 2 aliphatic rings. The van der Waals surface area contributed by atoms with Crippen molar-refractivity contribution in [3.63, 3.8) is 0 Å². The Bertz CT molecular complexity index is 1470. The molecule has 34 heavy (non-hydrogen) atoms. The van der Waals surface area contributed by atoms with Crippen LogP contribution in [0.2, 0.25) is 5.02 Å². The summed E-state index contributed by atoms with van der Waals surface area (Å²) < 4.78 is 15.4. The van der Waals surface area contributed by atoms with Crippen LogP contribution in [0.5, 0.6) is 0 Å². The number of rotatable bonds is 3. The van der Waals surface area contributed by atoms with Crippen molar-refractivity contribution in [3.8, 4) is 5.69 Å². The largest absolute Gasteiger partial charge is 0.318 e. The lowest BCUT2D eigenvalue weighted by molar-refractivity contribution is -0.114. The molecule has 0 radical (unpaired) electrons. The lowest BCUT2D eigenvalue weighted by Crippen LogP contribution is -2.35. The highest BCUT2D eigenvalue weighted by atomic mass is 35.5. The lowest BCUT2D eigenvalue weighted by Gasteiger charge is -2.20. The number of halogens is 2. The van der Waals surface area contributed by atoms with E-state index in [1.807, 2.05) is 45.0 Å². The molecule has 0 saturated carbocycles. The maximum absolute atomic E-state index is 13.3. The van der Waals surface area contributed by atoms with Crippen LogP contribution in [0.25, 0.3) is 11.8 Å². The van der Waals surface area contributed by atoms with E-state index in [2.05, 4.69) is 14.7 Å². The minimum absolute atomic E-state index is 0.0525. The number of carbonyl (C=O) groups excluding carboxylic acids is 1. The van der Waals surface area contributed by atoms with E-state index in [-0.39, 0.29) is 17.2 Å². The number of hydrogen-bond acceptors (Lipinski definition) is 4. The molecule has 6 nitrogen and oxygen atoms in total.